The molecule has 0 unspecified atom stereocenters. The van der Waals surface area contributed by atoms with E-state index < -0.39 is 34.3 Å². The monoisotopic (exact) mass is 555 g/mol. The zero-order chi connectivity index (χ0) is 28.7. The highest BCUT2D eigenvalue weighted by Gasteiger charge is 2.32. The number of benzene rings is 3. The zero-order valence-electron chi connectivity index (χ0n) is 22.7. The minimum atomic E-state index is -4.26. The standard InChI is InChI=1S/C29H34FN3O5S/c1-20(2)31-29(35)22(4)32(18-23-7-6-8-26(17-23)38-5)28(34)19-33(25-13-9-21(3)10-14-25)39(36,37)27-15-11-24(30)12-16-27/h6-17,20,22H,18-19H2,1-5H3,(H,31,35)/t22-/m1/s1. The summed E-state index contributed by atoms with van der Waals surface area (Å²) in [5.74, 6) is -0.958. The van der Waals surface area contributed by atoms with Gasteiger partial charge in [0, 0.05) is 12.6 Å². The second-order valence-electron chi connectivity index (χ2n) is 9.51. The minimum absolute atomic E-state index is 0.0427. The van der Waals surface area contributed by atoms with Crippen LogP contribution in [0.3, 0.4) is 0 Å². The number of ether oxygens (including phenoxy) is 1. The van der Waals surface area contributed by atoms with Crippen LogP contribution in [0.1, 0.15) is 31.9 Å². The van der Waals surface area contributed by atoms with Gasteiger partial charge >= 0.3 is 0 Å². The molecule has 0 heterocycles. The molecule has 0 aliphatic rings. The van der Waals surface area contributed by atoms with Crippen molar-refractivity contribution in [1.82, 2.24) is 10.2 Å². The topological polar surface area (TPSA) is 96.0 Å². The number of hydrogen-bond acceptors (Lipinski definition) is 5. The third-order valence-corrected chi connectivity index (χ3v) is 7.88. The van der Waals surface area contributed by atoms with E-state index >= 15 is 0 Å². The zero-order valence-corrected chi connectivity index (χ0v) is 23.5. The first-order chi connectivity index (χ1) is 18.4. The molecule has 10 heteroatoms. The first-order valence-electron chi connectivity index (χ1n) is 12.5. The molecule has 0 aliphatic heterocycles. The molecule has 1 atom stereocenters. The Bertz CT molecular complexity index is 1390. The van der Waals surface area contributed by atoms with Crippen LogP contribution in [-0.4, -0.2) is 50.9 Å². The van der Waals surface area contributed by atoms with E-state index in [4.69, 9.17) is 4.74 Å². The van der Waals surface area contributed by atoms with Crippen LogP contribution in [0.25, 0.3) is 0 Å². The van der Waals surface area contributed by atoms with Gasteiger partial charge < -0.3 is 15.0 Å². The van der Waals surface area contributed by atoms with Crippen molar-refractivity contribution in [2.45, 2.75) is 51.2 Å². The van der Waals surface area contributed by atoms with E-state index in [1.807, 2.05) is 20.8 Å². The Kier molecular flexibility index (Phi) is 9.69. The van der Waals surface area contributed by atoms with Crippen molar-refractivity contribution >= 4 is 27.5 Å². The molecule has 208 valence electrons. The number of hydrogen-bond donors (Lipinski definition) is 1. The molecular weight excluding hydrogens is 521 g/mol. The number of nitrogens with one attached hydrogen (secondary N) is 1. The molecule has 1 N–H and O–H groups in total. The lowest BCUT2D eigenvalue weighted by molar-refractivity contribution is -0.139. The van der Waals surface area contributed by atoms with Crippen LogP contribution < -0.4 is 14.4 Å². The van der Waals surface area contributed by atoms with Crippen LogP contribution in [0.2, 0.25) is 0 Å². The van der Waals surface area contributed by atoms with E-state index in [0.29, 0.717) is 11.3 Å². The fraction of sp³-hybridized carbons (Fsp3) is 0.310. The maximum Gasteiger partial charge on any atom is 0.264 e. The quantitative estimate of drug-likeness (QED) is 0.381. The maximum atomic E-state index is 13.9. The molecule has 0 saturated carbocycles. The number of amides is 2. The largest absolute Gasteiger partial charge is 0.497 e. The van der Waals surface area contributed by atoms with Gasteiger partial charge in [0.1, 0.15) is 24.2 Å². The number of carbonyl (C=O) groups is 2. The van der Waals surface area contributed by atoms with Crippen LogP contribution >= 0.6 is 0 Å². The highest BCUT2D eigenvalue weighted by Crippen LogP contribution is 2.25. The minimum Gasteiger partial charge on any atom is -0.497 e. The third kappa shape index (κ3) is 7.57. The lowest BCUT2D eigenvalue weighted by Gasteiger charge is -2.32. The maximum absolute atomic E-state index is 13.9. The van der Waals surface area contributed by atoms with E-state index in [9.17, 15) is 22.4 Å². The molecule has 0 spiro atoms. The molecule has 3 rings (SSSR count). The number of methoxy groups -OCH3 is 1. The number of carbonyl (C=O) groups excluding carboxylic acids is 2. The average molecular weight is 556 g/mol. The molecule has 0 saturated heterocycles. The van der Waals surface area contributed by atoms with Gasteiger partial charge in [-0.1, -0.05) is 29.8 Å². The molecule has 0 fully saturated rings. The highest BCUT2D eigenvalue weighted by molar-refractivity contribution is 7.92. The smallest absolute Gasteiger partial charge is 0.264 e. The predicted molar refractivity (Wildman–Crippen MR) is 148 cm³/mol. The summed E-state index contributed by atoms with van der Waals surface area (Å²) in [6, 6.07) is 17.1. The van der Waals surface area contributed by atoms with Gasteiger partial charge in [-0.25, -0.2) is 12.8 Å². The van der Waals surface area contributed by atoms with Crippen molar-refractivity contribution in [1.29, 1.82) is 0 Å². The molecule has 3 aromatic rings. The van der Waals surface area contributed by atoms with Gasteiger partial charge in [-0.2, -0.15) is 0 Å². The van der Waals surface area contributed by atoms with Gasteiger partial charge in [0.05, 0.1) is 17.7 Å². The molecule has 0 aliphatic carbocycles. The summed E-state index contributed by atoms with van der Waals surface area (Å²) >= 11 is 0. The van der Waals surface area contributed by atoms with Crippen molar-refractivity contribution in [3.63, 3.8) is 0 Å². The summed E-state index contributed by atoms with van der Waals surface area (Å²) in [5, 5.41) is 2.81. The summed E-state index contributed by atoms with van der Waals surface area (Å²) in [7, 11) is -2.73. The second-order valence-corrected chi connectivity index (χ2v) is 11.4. The molecule has 0 radical (unpaired) electrons. The van der Waals surface area contributed by atoms with Crippen molar-refractivity contribution in [2.75, 3.05) is 18.0 Å². The molecular formula is C29H34FN3O5S. The number of nitrogens with zero attached hydrogens (tertiary/aromatic N) is 2. The van der Waals surface area contributed by atoms with Crippen LogP contribution in [0.15, 0.2) is 77.7 Å². The lowest BCUT2D eigenvalue weighted by atomic mass is 10.1. The predicted octanol–water partition coefficient (Wildman–Crippen LogP) is 4.28. The van der Waals surface area contributed by atoms with Gasteiger partial charge in [-0.05, 0) is 81.8 Å². The highest BCUT2D eigenvalue weighted by atomic mass is 32.2. The molecule has 8 nitrogen and oxygen atoms in total. The Hall–Kier alpha value is -3.92. The van der Waals surface area contributed by atoms with E-state index in [1.54, 1.807) is 55.5 Å². The van der Waals surface area contributed by atoms with Gasteiger partial charge in [0.25, 0.3) is 10.0 Å². The van der Waals surface area contributed by atoms with Crippen LogP contribution in [0.5, 0.6) is 5.75 Å². The van der Waals surface area contributed by atoms with Gasteiger partial charge in [0.15, 0.2) is 0 Å². The second kappa shape index (κ2) is 12.8. The molecule has 2 amide bonds. The first kappa shape index (κ1) is 29.6. The van der Waals surface area contributed by atoms with Crippen molar-refractivity contribution in [3.8, 4) is 5.75 Å². The molecule has 39 heavy (non-hydrogen) atoms. The summed E-state index contributed by atoms with van der Waals surface area (Å²) in [6.07, 6.45) is 0. The number of anilines is 1. The van der Waals surface area contributed by atoms with Crippen molar-refractivity contribution in [3.05, 3.63) is 89.7 Å². The SMILES string of the molecule is COc1cccc(CN(C(=O)CN(c2ccc(C)cc2)S(=O)(=O)c2ccc(F)cc2)[C@H](C)C(=O)NC(C)C)c1. The van der Waals surface area contributed by atoms with E-state index in [1.165, 1.54) is 12.0 Å². The molecule has 0 bridgehead atoms. The first-order valence-corrected chi connectivity index (χ1v) is 13.9. The average Bonchev–Trinajstić information content (AvgIpc) is 2.90. The van der Waals surface area contributed by atoms with E-state index in [0.717, 1.165) is 34.1 Å². The van der Waals surface area contributed by atoms with E-state index in [-0.39, 0.29) is 29.1 Å². The van der Waals surface area contributed by atoms with Gasteiger partial charge in [-0.15, -0.1) is 0 Å². The molecule has 3 aromatic carbocycles. The number of halogens is 1. The normalized spacial score (nSPS) is 12.1. The number of sulfonamides is 1. The van der Waals surface area contributed by atoms with Crippen LogP contribution in [-0.2, 0) is 26.2 Å². The van der Waals surface area contributed by atoms with Crippen molar-refractivity contribution in [2.24, 2.45) is 0 Å². The Morgan fingerprint density at radius 3 is 2.21 bits per heavy atom. The summed E-state index contributed by atoms with van der Waals surface area (Å²) in [6.45, 7) is 6.55. The van der Waals surface area contributed by atoms with Gasteiger partial charge in [-0.3, -0.25) is 13.9 Å². The fourth-order valence-electron chi connectivity index (χ4n) is 3.93. The summed E-state index contributed by atoms with van der Waals surface area (Å²) < 4.78 is 47.3. The van der Waals surface area contributed by atoms with Crippen LogP contribution in [0.4, 0.5) is 10.1 Å². The number of aryl methyl sites for hydroxylation is 1. The summed E-state index contributed by atoms with van der Waals surface area (Å²) in [5.41, 5.74) is 1.87. The Morgan fingerprint density at radius 2 is 1.62 bits per heavy atom. The third-order valence-electron chi connectivity index (χ3n) is 6.09. The van der Waals surface area contributed by atoms with Crippen molar-refractivity contribution < 1.29 is 27.1 Å². The number of rotatable bonds is 11. The Morgan fingerprint density at radius 1 is 0.974 bits per heavy atom. The lowest BCUT2D eigenvalue weighted by Crippen LogP contribution is -2.52. The Labute approximate surface area is 229 Å². The molecule has 0 aromatic heterocycles. The summed E-state index contributed by atoms with van der Waals surface area (Å²) in [4.78, 5) is 28.0. The fourth-order valence-corrected chi connectivity index (χ4v) is 5.34. The Balaban J connectivity index is 2.03. The van der Waals surface area contributed by atoms with Gasteiger partial charge in [0.2, 0.25) is 11.8 Å². The van der Waals surface area contributed by atoms with E-state index in [2.05, 4.69) is 5.32 Å². The van der Waals surface area contributed by atoms with Crippen LogP contribution in [0, 0.1) is 12.7 Å².